The Bertz CT molecular complexity index is 709. The zero-order valence-corrected chi connectivity index (χ0v) is 11.8. The van der Waals surface area contributed by atoms with Gasteiger partial charge in [-0.3, -0.25) is 0 Å². The first-order chi connectivity index (χ1) is 8.93. The van der Waals surface area contributed by atoms with Crippen molar-refractivity contribution in [3.63, 3.8) is 0 Å². The molecule has 1 heterocycles. The Morgan fingerprint density at radius 3 is 1.11 bits per heavy atom. The van der Waals surface area contributed by atoms with E-state index < -0.39 is 8.26 Å². The van der Waals surface area contributed by atoms with Crippen LogP contribution in [0.5, 0.6) is 0 Å². The summed E-state index contributed by atoms with van der Waals surface area (Å²) in [5.41, 5.74) is 3.80. The molecule has 3 aromatic rings. The Labute approximate surface area is 118 Å². The molecule has 2 aromatic carbocycles. The van der Waals surface area contributed by atoms with Gasteiger partial charge < -0.3 is 0 Å². The highest BCUT2D eigenvalue weighted by atomic mass is 36.0. The van der Waals surface area contributed by atoms with E-state index >= 15 is 0 Å². The van der Waals surface area contributed by atoms with Gasteiger partial charge in [0.2, 0.25) is 0 Å². The zero-order valence-electron chi connectivity index (χ0n) is 9.49. The second-order valence-electron chi connectivity index (χ2n) is 3.58. The first-order valence-electron chi connectivity index (χ1n) is 5.19. The quantitative estimate of drug-likeness (QED) is 0.470. The van der Waals surface area contributed by atoms with Crippen LogP contribution in [0.15, 0.2) is 48.5 Å². The molecule has 0 aliphatic rings. The lowest BCUT2D eigenvalue weighted by atomic mass is 10.2. The van der Waals surface area contributed by atoms with Gasteiger partial charge in [0.25, 0.3) is 0 Å². The maximum absolute atomic E-state index is 9.16. The highest BCUT2D eigenvalue weighted by Gasteiger charge is 1.98. The number of hydrogen-bond donors (Lipinski definition) is 0. The summed E-state index contributed by atoms with van der Waals surface area (Å²) in [5.74, 6) is 0. The second kappa shape index (κ2) is 5.69. The molecule has 0 N–H and O–H groups in total. The lowest BCUT2D eigenvalue weighted by Crippen LogP contribution is -1.85. The smallest absolute Gasteiger partial charge is 0.245 e. The number of halogens is 2. The Morgan fingerprint density at radius 1 is 0.684 bits per heavy atom. The van der Waals surface area contributed by atoms with Crippen LogP contribution in [0.25, 0.3) is 22.1 Å². The monoisotopic (exact) mass is 314 g/mol. The van der Waals surface area contributed by atoms with E-state index in [-0.39, 0.29) is 0 Å². The fraction of sp³-hybridized carbons (Fsp3) is 0. The number of hydrogen-bond acceptors (Lipinski definition) is 4. The van der Waals surface area contributed by atoms with Crippen molar-refractivity contribution < 1.29 is 8.42 Å². The predicted molar refractivity (Wildman–Crippen MR) is 77.7 cm³/mol. The van der Waals surface area contributed by atoms with E-state index in [9.17, 15) is 0 Å². The summed E-state index contributed by atoms with van der Waals surface area (Å²) in [4.78, 5) is 9.03. The van der Waals surface area contributed by atoms with Crippen molar-refractivity contribution in [3.8, 4) is 0 Å². The minimum Gasteiger partial charge on any atom is -0.245 e. The van der Waals surface area contributed by atoms with Crippen LogP contribution in [-0.4, -0.2) is 18.4 Å². The van der Waals surface area contributed by atoms with Crippen LogP contribution >= 0.6 is 21.4 Å². The summed E-state index contributed by atoms with van der Waals surface area (Å²) in [5, 5.41) is 0. The maximum atomic E-state index is 9.16. The summed E-state index contributed by atoms with van der Waals surface area (Å²) < 4.78 is 18.3. The molecule has 98 valence electrons. The summed E-state index contributed by atoms with van der Waals surface area (Å²) in [7, 11) is 4.81. The summed E-state index contributed by atoms with van der Waals surface area (Å²) in [6.45, 7) is 0. The molecule has 0 amide bonds. The topological polar surface area (TPSA) is 59.9 Å². The van der Waals surface area contributed by atoms with Gasteiger partial charge in [-0.2, -0.15) is 8.42 Å². The predicted octanol–water partition coefficient (Wildman–Crippen LogP) is 3.49. The largest absolute Gasteiger partial charge is 0.317 e. The molecule has 0 fully saturated rings. The van der Waals surface area contributed by atoms with E-state index in [1.165, 1.54) is 0 Å². The van der Waals surface area contributed by atoms with Gasteiger partial charge in [-0.25, -0.2) is 9.97 Å². The molecule has 0 bridgehead atoms. The average molecular weight is 315 g/mol. The number of para-hydroxylation sites is 4. The van der Waals surface area contributed by atoms with Crippen molar-refractivity contribution in [3.05, 3.63) is 48.5 Å². The van der Waals surface area contributed by atoms with Crippen molar-refractivity contribution in [1.82, 2.24) is 9.97 Å². The number of aromatic nitrogens is 2. The van der Waals surface area contributed by atoms with Gasteiger partial charge in [-0.1, -0.05) is 24.3 Å². The minimum atomic E-state index is -3.72. The molecule has 3 rings (SSSR count). The molecule has 1 aromatic heterocycles. The number of benzene rings is 2. The van der Waals surface area contributed by atoms with Crippen LogP contribution in [-0.2, 0) is 8.26 Å². The molecule has 0 saturated heterocycles. The van der Waals surface area contributed by atoms with Gasteiger partial charge in [-0.15, -0.1) is 0 Å². The molecular formula is C12H8Cl2N2O2S. The Morgan fingerprint density at radius 2 is 0.895 bits per heavy atom. The highest BCUT2D eigenvalue weighted by Crippen LogP contribution is 2.14. The average Bonchev–Trinajstić information content (AvgIpc) is 2.34. The van der Waals surface area contributed by atoms with Crippen LogP contribution in [0.4, 0.5) is 0 Å². The zero-order chi connectivity index (χ0) is 13.9. The summed E-state index contributed by atoms with van der Waals surface area (Å²) >= 11 is 0. The molecule has 0 atom stereocenters. The number of fused-ring (bicyclic) bond motifs is 2. The van der Waals surface area contributed by atoms with Crippen molar-refractivity contribution in [2.45, 2.75) is 0 Å². The van der Waals surface area contributed by atoms with Crippen LogP contribution in [0.2, 0.25) is 0 Å². The molecule has 0 aliphatic heterocycles. The lowest BCUT2D eigenvalue weighted by molar-refractivity contribution is 0.621. The van der Waals surface area contributed by atoms with E-state index in [0.717, 1.165) is 22.1 Å². The Hall–Kier alpha value is -1.43. The SMILES string of the molecule is O=S(=O)(Cl)Cl.c1ccc2nc3ccccc3nc2c1. The van der Waals surface area contributed by atoms with Gasteiger partial charge in [0.15, 0.2) is 0 Å². The summed E-state index contributed by atoms with van der Waals surface area (Å²) in [6.07, 6.45) is 0. The third-order valence-electron chi connectivity index (χ3n) is 2.25. The lowest BCUT2D eigenvalue weighted by Gasteiger charge is -1.98. The number of rotatable bonds is 0. The Kier molecular flexibility index (Phi) is 4.19. The van der Waals surface area contributed by atoms with E-state index in [0.29, 0.717) is 0 Å². The second-order valence-corrected chi connectivity index (χ2v) is 7.25. The van der Waals surface area contributed by atoms with Crippen LogP contribution in [0, 0.1) is 0 Å². The molecular weight excluding hydrogens is 307 g/mol. The van der Waals surface area contributed by atoms with Crippen molar-refractivity contribution >= 4 is 51.7 Å². The third-order valence-corrected chi connectivity index (χ3v) is 2.25. The van der Waals surface area contributed by atoms with Gasteiger partial charge >= 0.3 is 8.26 Å². The first kappa shape index (κ1) is 14.0. The van der Waals surface area contributed by atoms with Crippen molar-refractivity contribution in [2.24, 2.45) is 0 Å². The van der Waals surface area contributed by atoms with Crippen molar-refractivity contribution in [2.75, 3.05) is 0 Å². The van der Waals surface area contributed by atoms with E-state index in [1.54, 1.807) is 0 Å². The molecule has 0 saturated carbocycles. The fourth-order valence-corrected chi connectivity index (χ4v) is 1.57. The van der Waals surface area contributed by atoms with E-state index in [4.69, 9.17) is 8.42 Å². The van der Waals surface area contributed by atoms with Gasteiger partial charge in [0.1, 0.15) is 0 Å². The van der Waals surface area contributed by atoms with Gasteiger partial charge in [0, 0.05) is 21.4 Å². The number of nitrogens with zero attached hydrogens (tertiary/aromatic N) is 2. The molecule has 0 spiro atoms. The third kappa shape index (κ3) is 4.31. The van der Waals surface area contributed by atoms with Crippen molar-refractivity contribution in [1.29, 1.82) is 0 Å². The highest BCUT2D eigenvalue weighted by molar-refractivity contribution is 8.31. The standard InChI is InChI=1S/C12H8N2.Cl2O2S/c1-2-6-10-9(5-1)13-11-7-3-4-8-12(11)14-10;1-5(2,3)4/h1-8H;. The molecule has 19 heavy (non-hydrogen) atoms. The van der Waals surface area contributed by atoms with E-state index in [1.807, 2.05) is 48.5 Å². The van der Waals surface area contributed by atoms with Crippen LogP contribution in [0.1, 0.15) is 0 Å². The van der Waals surface area contributed by atoms with Gasteiger partial charge in [0.05, 0.1) is 22.1 Å². The Balaban J connectivity index is 0.000000232. The molecule has 0 radical (unpaired) electrons. The van der Waals surface area contributed by atoms with Gasteiger partial charge in [-0.05, 0) is 24.3 Å². The minimum absolute atomic E-state index is 0.950. The van der Waals surface area contributed by atoms with Crippen LogP contribution < -0.4 is 0 Å². The molecule has 7 heteroatoms. The molecule has 0 aliphatic carbocycles. The maximum Gasteiger partial charge on any atom is 0.317 e. The normalized spacial score (nSPS) is 11.1. The molecule has 0 unspecified atom stereocenters. The van der Waals surface area contributed by atoms with E-state index in [2.05, 4.69) is 31.3 Å². The summed E-state index contributed by atoms with van der Waals surface area (Å²) in [6, 6.07) is 15.8. The molecule has 4 nitrogen and oxygen atoms in total. The fourth-order valence-electron chi connectivity index (χ4n) is 1.57. The van der Waals surface area contributed by atoms with Crippen LogP contribution in [0.3, 0.4) is 0 Å². The first-order valence-corrected chi connectivity index (χ1v) is 8.33.